The zero-order chi connectivity index (χ0) is 25.9. The van der Waals surface area contributed by atoms with Gasteiger partial charge < -0.3 is 15.1 Å². The molecule has 4 rings (SSSR count). The molecule has 2 amide bonds. The number of carbonyl (C=O) groups is 2. The Hall–Kier alpha value is -4.41. The van der Waals surface area contributed by atoms with E-state index in [1.54, 1.807) is 64.4 Å². The maximum absolute atomic E-state index is 13.2. The number of halogens is 3. The second-order valence-corrected chi connectivity index (χ2v) is 8.10. The predicted octanol–water partition coefficient (Wildman–Crippen LogP) is 4.83. The van der Waals surface area contributed by atoms with Crippen LogP contribution < -0.4 is 10.2 Å². The van der Waals surface area contributed by atoms with Crippen molar-refractivity contribution in [1.29, 1.82) is 0 Å². The van der Waals surface area contributed by atoms with Crippen LogP contribution in [0.3, 0.4) is 0 Å². The first-order valence-corrected chi connectivity index (χ1v) is 11.0. The second-order valence-electron chi connectivity index (χ2n) is 8.10. The van der Waals surface area contributed by atoms with E-state index in [2.05, 4.69) is 5.32 Å². The normalized spacial score (nSPS) is 13.9. The minimum Gasteiger partial charge on any atom is -0.362 e. The number of piperazine rings is 1. The van der Waals surface area contributed by atoms with Crippen LogP contribution in [-0.4, -0.2) is 47.8 Å². The van der Waals surface area contributed by atoms with Gasteiger partial charge in [-0.05, 0) is 36.4 Å². The van der Waals surface area contributed by atoms with Crippen LogP contribution in [0.25, 0.3) is 0 Å². The third kappa shape index (κ3) is 5.29. The summed E-state index contributed by atoms with van der Waals surface area (Å²) in [6, 6.07) is 17.6. The largest absolute Gasteiger partial charge is 0.416 e. The minimum atomic E-state index is -4.70. The van der Waals surface area contributed by atoms with Crippen molar-refractivity contribution in [3.63, 3.8) is 0 Å². The van der Waals surface area contributed by atoms with Gasteiger partial charge in [0.2, 0.25) is 0 Å². The van der Waals surface area contributed by atoms with E-state index in [0.29, 0.717) is 17.3 Å². The third-order valence-corrected chi connectivity index (χ3v) is 5.85. The summed E-state index contributed by atoms with van der Waals surface area (Å²) >= 11 is 0. The number of carbonyl (C=O) groups excluding carboxylic acids is 2. The molecule has 0 unspecified atom stereocenters. The van der Waals surface area contributed by atoms with E-state index in [-0.39, 0.29) is 49.2 Å². The average Bonchev–Trinajstić information content (AvgIpc) is 2.88. The molecule has 0 atom stereocenters. The van der Waals surface area contributed by atoms with Gasteiger partial charge in [0.05, 0.1) is 21.7 Å². The molecular formula is C25H21F3N4O4. The maximum atomic E-state index is 13.2. The molecule has 1 aliphatic heterocycles. The van der Waals surface area contributed by atoms with Crippen LogP contribution in [-0.2, 0) is 6.18 Å². The fourth-order valence-electron chi connectivity index (χ4n) is 4.00. The van der Waals surface area contributed by atoms with Gasteiger partial charge in [0.25, 0.3) is 17.5 Å². The first-order chi connectivity index (χ1) is 17.1. The van der Waals surface area contributed by atoms with Gasteiger partial charge in [-0.3, -0.25) is 19.7 Å². The molecule has 1 N–H and O–H groups in total. The number of nitrogens with zero attached hydrogens (tertiary/aromatic N) is 3. The van der Waals surface area contributed by atoms with Gasteiger partial charge in [-0.1, -0.05) is 30.3 Å². The Morgan fingerprint density at radius 2 is 1.53 bits per heavy atom. The molecule has 1 fully saturated rings. The van der Waals surface area contributed by atoms with E-state index >= 15 is 0 Å². The summed E-state index contributed by atoms with van der Waals surface area (Å²) in [6.45, 7) is 0.767. The fourth-order valence-corrected chi connectivity index (χ4v) is 4.00. The fraction of sp³-hybridized carbons (Fsp3) is 0.200. The number of nitro groups is 1. The molecule has 1 aliphatic rings. The second kappa shape index (κ2) is 10.1. The van der Waals surface area contributed by atoms with Crippen molar-refractivity contribution in [1.82, 2.24) is 4.90 Å². The molecule has 0 saturated carbocycles. The zero-order valence-corrected chi connectivity index (χ0v) is 18.9. The van der Waals surface area contributed by atoms with Crippen molar-refractivity contribution >= 4 is 28.9 Å². The Morgan fingerprint density at radius 1 is 0.889 bits per heavy atom. The van der Waals surface area contributed by atoms with Crippen LogP contribution in [0.5, 0.6) is 0 Å². The number of hydrogen-bond acceptors (Lipinski definition) is 5. The lowest BCUT2D eigenvalue weighted by Crippen LogP contribution is -2.49. The summed E-state index contributed by atoms with van der Waals surface area (Å²) < 4.78 is 39.0. The monoisotopic (exact) mass is 498 g/mol. The Labute approximate surface area is 204 Å². The van der Waals surface area contributed by atoms with Gasteiger partial charge >= 0.3 is 6.18 Å². The third-order valence-electron chi connectivity index (χ3n) is 5.85. The number of nitro benzene ring substituents is 1. The zero-order valence-electron chi connectivity index (χ0n) is 18.9. The topological polar surface area (TPSA) is 95.8 Å². The smallest absolute Gasteiger partial charge is 0.362 e. The number of nitrogens with one attached hydrogen (secondary N) is 1. The summed E-state index contributed by atoms with van der Waals surface area (Å²) in [5, 5.41) is 14.2. The van der Waals surface area contributed by atoms with Crippen molar-refractivity contribution in [3.05, 3.63) is 99.6 Å². The van der Waals surface area contributed by atoms with Crippen molar-refractivity contribution in [2.45, 2.75) is 6.18 Å². The highest BCUT2D eigenvalue weighted by Gasteiger charge is 2.34. The van der Waals surface area contributed by atoms with Crippen LogP contribution in [0, 0.1) is 10.1 Å². The van der Waals surface area contributed by atoms with E-state index in [0.717, 1.165) is 12.1 Å². The number of rotatable bonds is 5. The molecule has 3 aromatic carbocycles. The molecule has 186 valence electrons. The van der Waals surface area contributed by atoms with Crippen molar-refractivity contribution in [2.24, 2.45) is 0 Å². The van der Waals surface area contributed by atoms with E-state index in [1.165, 1.54) is 0 Å². The van der Waals surface area contributed by atoms with Gasteiger partial charge in [-0.2, -0.15) is 13.2 Å². The Morgan fingerprint density at radius 3 is 2.17 bits per heavy atom. The van der Waals surface area contributed by atoms with Crippen LogP contribution in [0.2, 0.25) is 0 Å². The Kier molecular flexibility index (Phi) is 6.91. The summed E-state index contributed by atoms with van der Waals surface area (Å²) in [5.74, 6) is -0.698. The lowest BCUT2D eigenvalue weighted by atomic mass is 10.1. The molecule has 36 heavy (non-hydrogen) atoms. The van der Waals surface area contributed by atoms with E-state index in [1.807, 2.05) is 0 Å². The highest BCUT2D eigenvalue weighted by atomic mass is 19.4. The average molecular weight is 498 g/mol. The first kappa shape index (κ1) is 24.7. The van der Waals surface area contributed by atoms with Crippen LogP contribution >= 0.6 is 0 Å². The Balaban J connectivity index is 1.48. The molecule has 0 aromatic heterocycles. The van der Waals surface area contributed by atoms with Crippen LogP contribution in [0.4, 0.5) is 30.2 Å². The molecule has 1 saturated heterocycles. The number of hydrogen-bond donors (Lipinski definition) is 1. The molecule has 3 aromatic rings. The Bertz CT molecular complexity index is 1290. The lowest BCUT2D eigenvalue weighted by molar-refractivity contribution is -0.384. The summed E-state index contributed by atoms with van der Waals surface area (Å²) in [4.78, 5) is 39.5. The van der Waals surface area contributed by atoms with Crippen molar-refractivity contribution in [3.8, 4) is 0 Å². The van der Waals surface area contributed by atoms with Crippen molar-refractivity contribution in [2.75, 3.05) is 36.4 Å². The molecule has 1 heterocycles. The summed E-state index contributed by atoms with van der Waals surface area (Å²) in [7, 11) is 0. The molecule has 0 radical (unpaired) electrons. The van der Waals surface area contributed by atoms with E-state index in [9.17, 15) is 32.9 Å². The van der Waals surface area contributed by atoms with Gasteiger partial charge in [-0.15, -0.1) is 0 Å². The van der Waals surface area contributed by atoms with Gasteiger partial charge in [0.1, 0.15) is 5.69 Å². The van der Waals surface area contributed by atoms with Gasteiger partial charge in [0.15, 0.2) is 0 Å². The van der Waals surface area contributed by atoms with Gasteiger partial charge in [0, 0.05) is 37.8 Å². The molecular weight excluding hydrogens is 477 g/mol. The standard InChI is InChI=1S/C25H21F3N4O4/c26-25(27,28)18-10-11-21(22(16-18)32(35)36)30-12-14-31(15-13-30)24(34)19-8-4-5-9-20(19)29-23(33)17-6-2-1-3-7-17/h1-11,16H,12-15H2,(H,29,33). The van der Waals surface area contributed by atoms with Crippen molar-refractivity contribution < 1.29 is 27.7 Å². The molecule has 0 bridgehead atoms. The highest BCUT2D eigenvalue weighted by molar-refractivity contribution is 6.09. The van der Waals surface area contributed by atoms with E-state index in [4.69, 9.17) is 0 Å². The summed E-state index contributed by atoms with van der Waals surface area (Å²) in [5.41, 5.74) is -0.602. The number of amides is 2. The van der Waals surface area contributed by atoms with Crippen LogP contribution in [0.15, 0.2) is 72.8 Å². The molecule has 0 aliphatic carbocycles. The minimum absolute atomic E-state index is 0.0654. The number of alkyl halides is 3. The van der Waals surface area contributed by atoms with Gasteiger partial charge in [-0.25, -0.2) is 0 Å². The predicted molar refractivity (Wildman–Crippen MR) is 127 cm³/mol. The quantitative estimate of drug-likeness (QED) is 0.402. The highest BCUT2D eigenvalue weighted by Crippen LogP contribution is 2.37. The molecule has 11 heteroatoms. The SMILES string of the molecule is O=C(Nc1ccccc1C(=O)N1CCN(c2ccc(C(F)(F)F)cc2[N+](=O)[O-])CC1)c1ccccc1. The van der Waals surface area contributed by atoms with Crippen LogP contribution in [0.1, 0.15) is 26.3 Å². The lowest BCUT2D eigenvalue weighted by Gasteiger charge is -2.36. The maximum Gasteiger partial charge on any atom is 0.416 e. The molecule has 0 spiro atoms. The number of para-hydroxylation sites is 1. The van der Waals surface area contributed by atoms with E-state index < -0.39 is 22.4 Å². The first-order valence-electron chi connectivity index (χ1n) is 11.0. The summed E-state index contributed by atoms with van der Waals surface area (Å²) in [6.07, 6.45) is -4.70. The molecule has 8 nitrogen and oxygen atoms in total. The number of anilines is 2. The number of benzene rings is 3.